The molecule has 4 N–H and O–H groups in total. The van der Waals surface area contributed by atoms with Gasteiger partial charge in [-0.15, -0.1) is 11.3 Å². The van der Waals surface area contributed by atoms with Gasteiger partial charge in [0.2, 0.25) is 5.91 Å². The molecule has 0 bridgehead atoms. The molecule has 0 aliphatic carbocycles. The van der Waals surface area contributed by atoms with E-state index in [4.69, 9.17) is 10.5 Å². The van der Waals surface area contributed by atoms with Crippen molar-refractivity contribution >= 4 is 44.7 Å². The molecule has 0 fully saturated rings. The van der Waals surface area contributed by atoms with Crippen LogP contribution in [0.4, 0.5) is 11.5 Å². The van der Waals surface area contributed by atoms with Gasteiger partial charge in [-0.2, -0.15) is 0 Å². The summed E-state index contributed by atoms with van der Waals surface area (Å²) in [6.07, 6.45) is 6.29. The second-order valence-electron chi connectivity index (χ2n) is 8.82. The summed E-state index contributed by atoms with van der Waals surface area (Å²) in [5.74, 6) is 0.448. The minimum absolute atomic E-state index is 0.203. The smallest absolute Gasteiger partial charge is 0.322 e. The van der Waals surface area contributed by atoms with Gasteiger partial charge in [-0.05, 0) is 61.4 Å². The van der Waals surface area contributed by atoms with Crippen LogP contribution in [0, 0.1) is 6.92 Å². The summed E-state index contributed by atoms with van der Waals surface area (Å²) in [5.41, 5.74) is 10.9. The molecule has 0 spiro atoms. The molecule has 40 heavy (non-hydrogen) atoms. The summed E-state index contributed by atoms with van der Waals surface area (Å²) in [7, 11) is 1.58. The van der Waals surface area contributed by atoms with Crippen molar-refractivity contribution in [2.75, 3.05) is 18.1 Å². The Morgan fingerprint density at radius 3 is 2.40 bits per heavy atom. The van der Waals surface area contributed by atoms with Crippen LogP contribution in [0.15, 0.2) is 79.1 Å². The lowest BCUT2D eigenvalue weighted by Gasteiger charge is -2.10. The number of allylic oxidation sites excluding steroid dienone is 1. The van der Waals surface area contributed by atoms with Gasteiger partial charge in [-0.3, -0.25) is 9.59 Å². The van der Waals surface area contributed by atoms with Crippen molar-refractivity contribution < 1.29 is 14.3 Å². The highest BCUT2D eigenvalue weighted by Gasteiger charge is 2.23. The van der Waals surface area contributed by atoms with Crippen molar-refractivity contribution in [2.45, 2.75) is 13.8 Å². The van der Waals surface area contributed by atoms with Gasteiger partial charge in [0.05, 0.1) is 10.3 Å². The molecule has 200 valence electrons. The van der Waals surface area contributed by atoms with Crippen molar-refractivity contribution in [2.24, 2.45) is 0 Å². The number of nitrogens with two attached hydrogens (primary N) is 1. The first kappa shape index (κ1) is 26.5. The fourth-order valence-electron chi connectivity index (χ4n) is 4.21. The summed E-state index contributed by atoms with van der Waals surface area (Å²) in [6.45, 7) is 3.66. The molecule has 5 rings (SSSR count). The van der Waals surface area contributed by atoms with Crippen molar-refractivity contribution in [3.8, 4) is 33.3 Å². The first-order valence-electron chi connectivity index (χ1n) is 12.4. The fourth-order valence-corrected chi connectivity index (χ4v) is 5.55. The number of carbonyl (C=O) groups excluding carboxylic acids is 2. The molecule has 0 radical (unpaired) electrons. The molecule has 5 aromatic rings. The summed E-state index contributed by atoms with van der Waals surface area (Å²) in [5, 5.41) is 6.22. The van der Waals surface area contributed by atoms with Crippen molar-refractivity contribution in [3.63, 3.8) is 0 Å². The molecule has 0 unspecified atom stereocenters. The average molecular weight is 551 g/mol. The molecule has 9 nitrogen and oxygen atoms in total. The lowest BCUT2D eigenvalue weighted by atomic mass is 9.98. The third-order valence-electron chi connectivity index (χ3n) is 6.07. The highest BCUT2D eigenvalue weighted by Crippen LogP contribution is 2.48. The first-order chi connectivity index (χ1) is 19.4. The Balaban J connectivity index is 1.61. The highest BCUT2D eigenvalue weighted by molar-refractivity contribution is 7.23. The lowest BCUT2D eigenvalue weighted by molar-refractivity contribution is -0.111. The predicted octanol–water partition coefficient (Wildman–Crippen LogP) is 5.98. The SMILES string of the molecule is CC=CC(=O)Nc1ccc(-c2sc3c(C(=O)NC)cnc(N)c3c2-c2ccc(Oc3nccc(C)n3)cc2)cc1. The third kappa shape index (κ3) is 5.38. The van der Waals surface area contributed by atoms with Gasteiger partial charge in [-0.25, -0.2) is 15.0 Å². The van der Waals surface area contributed by atoms with Crippen LogP contribution in [-0.4, -0.2) is 33.8 Å². The van der Waals surface area contributed by atoms with E-state index in [-0.39, 0.29) is 17.8 Å². The Hall–Kier alpha value is -5.09. The Bertz CT molecular complexity index is 1740. The number of nitrogens with one attached hydrogen (secondary N) is 2. The number of hydrogen-bond donors (Lipinski definition) is 3. The number of thiophene rings is 1. The fraction of sp³-hybridized carbons (Fsp3) is 0.100. The molecular formula is C30H26N6O3S. The molecule has 3 heterocycles. The van der Waals surface area contributed by atoms with Gasteiger partial charge in [-0.1, -0.05) is 30.3 Å². The van der Waals surface area contributed by atoms with Gasteiger partial charge >= 0.3 is 6.01 Å². The van der Waals surface area contributed by atoms with Crippen molar-refractivity contribution in [1.82, 2.24) is 20.3 Å². The second-order valence-corrected chi connectivity index (χ2v) is 9.84. The number of nitrogen functional groups attached to an aromatic ring is 1. The van der Waals surface area contributed by atoms with Gasteiger partial charge in [0.15, 0.2) is 0 Å². The Morgan fingerprint density at radius 1 is 1.00 bits per heavy atom. The van der Waals surface area contributed by atoms with Crippen LogP contribution in [0.5, 0.6) is 11.8 Å². The zero-order valence-electron chi connectivity index (χ0n) is 22.1. The number of amides is 2. The van der Waals surface area contributed by atoms with Crippen molar-refractivity contribution in [1.29, 1.82) is 0 Å². The van der Waals surface area contributed by atoms with E-state index in [1.807, 2.05) is 55.5 Å². The molecule has 0 saturated heterocycles. The number of fused-ring (bicyclic) bond motifs is 1. The molecule has 2 aromatic carbocycles. The molecule has 2 amide bonds. The summed E-state index contributed by atoms with van der Waals surface area (Å²) in [6, 6.07) is 17.1. The highest BCUT2D eigenvalue weighted by atomic mass is 32.1. The number of aromatic nitrogens is 3. The summed E-state index contributed by atoms with van der Waals surface area (Å²) in [4.78, 5) is 38.4. The van der Waals surface area contributed by atoms with Crippen LogP contribution in [-0.2, 0) is 4.79 Å². The Labute approximate surface area is 234 Å². The van der Waals surface area contributed by atoms with Crippen LogP contribution in [0.2, 0.25) is 0 Å². The summed E-state index contributed by atoms with van der Waals surface area (Å²) >= 11 is 1.46. The number of nitrogens with zero attached hydrogens (tertiary/aromatic N) is 3. The lowest BCUT2D eigenvalue weighted by Crippen LogP contribution is -2.18. The van der Waals surface area contributed by atoms with E-state index >= 15 is 0 Å². The van der Waals surface area contributed by atoms with E-state index < -0.39 is 0 Å². The number of anilines is 2. The van der Waals surface area contributed by atoms with Crippen LogP contribution in [0.1, 0.15) is 23.0 Å². The van der Waals surface area contributed by atoms with Crippen LogP contribution >= 0.6 is 11.3 Å². The number of benzene rings is 2. The van der Waals surface area contributed by atoms with Gasteiger partial charge < -0.3 is 21.1 Å². The van der Waals surface area contributed by atoms with Gasteiger partial charge in [0.1, 0.15) is 11.6 Å². The first-order valence-corrected chi connectivity index (χ1v) is 13.2. The molecule has 0 saturated carbocycles. The maximum Gasteiger partial charge on any atom is 0.322 e. The Kier molecular flexibility index (Phi) is 7.52. The van der Waals surface area contributed by atoms with E-state index in [9.17, 15) is 9.59 Å². The largest absolute Gasteiger partial charge is 0.424 e. The average Bonchev–Trinajstić information content (AvgIpc) is 3.35. The molecule has 10 heteroatoms. The van der Waals surface area contributed by atoms with E-state index in [2.05, 4.69) is 25.6 Å². The zero-order valence-corrected chi connectivity index (χ0v) is 22.9. The number of hydrogen-bond acceptors (Lipinski definition) is 8. The van der Waals surface area contributed by atoms with Crippen molar-refractivity contribution in [3.05, 3.63) is 90.4 Å². The maximum atomic E-state index is 12.7. The Morgan fingerprint density at radius 2 is 1.73 bits per heavy atom. The van der Waals surface area contributed by atoms with Crippen LogP contribution in [0.25, 0.3) is 31.7 Å². The topological polar surface area (TPSA) is 132 Å². The second kappa shape index (κ2) is 11.3. The third-order valence-corrected chi connectivity index (χ3v) is 7.34. The quantitative estimate of drug-likeness (QED) is 0.212. The summed E-state index contributed by atoms with van der Waals surface area (Å²) < 4.78 is 6.57. The van der Waals surface area contributed by atoms with E-state index in [0.29, 0.717) is 28.2 Å². The predicted molar refractivity (Wildman–Crippen MR) is 159 cm³/mol. The standard InChI is InChI=1S/C30H26N6O3S/c1-4-5-23(37)36-20-10-6-19(7-11-20)26-24(25-27(40-26)22(29(38)32-3)16-34-28(25)31)18-8-12-21(13-9-18)39-30-33-15-14-17(2)35-30/h4-16H,1-3H3,(H2,31,34)(H,32,38)(H,36,37). The normalized spacial score (nSPS) is 11.1. The maximum absolute atomic E-state index is 12.7. The number of ether oxygens (including phenoxy) is 1. The molecule has 0 atom stereocenters. The molecule has 0 aliphatic heterocycles. The van der Waals surface area contributed by atoms with Gasteiger partial charge in [0.25, 0.3) is 5.91 Å². The minimum atomic E-state index is -0.249. The number of aryl methyl sites for hydroxylation is 1. The zero-order chi connectivity index (χ0) is 28.2. The molecular weight excluding hydrogens is 524 g/mol. The minimum Gasteiger partial charge on any atom is -0.424 e. The number of rotatable bonds is 7. The number of pyridine rings is 1. The van der Waals surface area contributed by atoms with Gasteiger partial charge in [0, 0.05) is 46.6 Å². The molecule has 3 aromatic heterocycles. The van der Waals surface area contributed by atoms with E-state index in [1.54, 1.807) is 32.3 Å². The monoisotopic (exact) mass is 550 g/mol. The van der Waals surface area contributed by atoms with Crippen LogP contribution < -0.4 is 21.1 Å². The van der Waals surface area contributed by atoms with Crippen LogP contribution in [0.3, 0.4) is 0 Å². The van der Waals surface area contributed by atoms with E-state index in [1.165, 1.54) is 23.6 Å². The molecule has 0 aliphatic rings. The van der Waals surface area contributed by atoms with E-state index in [0.717, 1.165) is 32.0 Å². The number of carbonyl (C=O) groups is 2.